The molecule has 0 unspecified atom stereocenters. The van der Waals surface area contributed by atoms with E-state index in [9.17, 15) is 19.7 Å². The summed E-state index contributed by atoms with van der Waals surface area (Å²) >= 11 is 0. The van der Waals surface area contributed by atoms with Gasteiger partial charge in [0.1, 0.15) is 11.7 Å². The van der Waals surface area contributed by atoms with E-state index in [0.717, 1.165) is 7.11 Å². The van der Waals surface area contributed by atoms with Gasteiger partial charge in [0.25, 0.3) is 0 Å². The van der Waals surface area contributed by atoms with Crippen LogP contribution in [-0.4, -0.2) is 44.6 Å². The quantitative estimate of drug-likeness (QED) is 0.308. The third-order valence-corrected chi connectivity index (χ3v) is 3.48. The minimum Gasteiger partial charge on any atom is -0.493 e. The van der Waals surface area contributed by atoms with Crippen molar-refractivity contribution < 1.29 is 28.7 Å². The lowest BCUT2D eigenvalue weighted by Gasteiger charge is -2.21. The first kappa shape index (κ1) is 18.4. The summed E-state index contributed by atoms with van der Waals surface area (Å²) in [5.41, 5.74) is 0.421. The van der Waals surface area contributed by atoms with Crippen molar-refractivity contribution in [3.63, 3.8) is 0 Å². The average molecular weight is 325 g/mol. The van der Waals surface area contributed by atoms with Crippen LogP contribution in [0.3, 0.4) is 0 Å². The van der Waals surface area contributed by atoms with Crippen molar-refractivity contribution in [1.82, 2.24) is 0 Å². The molecule has 23 heavy (non-hydrogen) atoms. The number of nitro groups is 1. The molecule has 0 aromatic heterocycles. The van der Waals surface area contributed by atoms with Crippen LogP contribution < -0.4 is 9.47 Å². The summed E-state index contributed by atoms with van der Waals surface area (Å²) in [5.74, 6) is -2.74. The number of nitrogens with zero attached hydrogens (tertiary/aromatic N) is 1. The molecular weight excluding hydrogens is 306 g/mol. The lowest BCUT2D eigenvalue weighted by molar-refractivity contribution is -0.484. The number of ketones is 1. The molecule has 0 N–H and O–H groups in total. The zero-order chi connectivity index (χ0) is 17.6. The highest BCUT2D eigenvalue weighted by Crippen LogP contribution is 2.34. The molecule has 126 valence electrons. The molecule has 1 aromatic carbocycles. The zero-order valence-electron chi connectivity index (χ0n) is 13.4. The Bertz CT molecular complexity index is 599. The Kier molecular flexibility index (Phi) is 6.49. The molecule has 8 nitrogen and oxygen atoms in total. The van der Waals surface area contributed by atoms with Gasteiger partial charge in [0.15, 0.2) is 11.5 Å². The van der Waals surface area contributed by atoms with Crippen molar-refractivity contribution in [2.75, 3.05) is 27.9 Å². The first-order valence-corrected chi connectivity index (χ1v) is 6.77. The zero-order valence-corrected chi connectivity index (χ0v) is 13.4. The maximum Gasteiger partial charge on any atom is 0.317 e. The van der Waals surface area contributed by atoms with Gasteiger partial charge in [-0.05, 0) is 24.6 Å². The van der Waals surface area contributed by atoms with Crippen molar-refractivity contribution in [2.24, 2.45) is 5.92 Å². The van der Waals surface area contributed by atoms with Crippen LogP contribution in [0, 0.1) is 16.0 Å². The smallest absolute Gasteiger partial charge is 0.317 e. The molecule has 2 atom stereocenters. The number of rotatable bonds is 8. The fourth-order valence-corrected chi connectivity index (χ4v) is 2.39. The van der Waals surface area contributed by atoms with Crippen LogP contribution in [-0.2, 0) is 14.3 Å². The molecular formula is C15H19NO7. The molecule has 0 bridgehead atoms. The second-order valence-electron chi connectivity index (χ2n) is 4.85. The van der Waals surface area contributed by atoms with Gasteiger partial charge in [0.05, 0.1) is 27.2 Å². The molecule has 0 aliphatic heterocycles. The Hall–Kier alpha value is -2.64. The van der Waals surface area contributed by atoms with Gasteiger partial charge < -0.3 is 14.2 Å². The third kappa shape index (κ3) is 4.41. The highest BCUT2D eigenvalue weighted by atomic mass is 16.6. The second kappa shape index (κ2) is 8.11. The molecule has 0 aliphatic carbocycles. The van der Waals surface area contributed by atoms with Gasteiger partial charge in [-0.25, -0.2) is 0 Å². The standard InChI is InChI=1S/C15H19NO7/c1-9(17)14(15(18)23-4)11(8-16(19)20)10-5-6-12(21-2)13(7-10)22-3/h5-7,11,14H,8H2,1-4H3/t11-,14-/m0/s1. The number of esters is 1. The highest BCUT2D eigenvalue weighted by molar-refractivity contribution is 5.98. The Balaban J connectivity index is 3.37. The number of benzene rings is 1. The lowest BCUT2D eigenvalue weighted by Crippen LogP contribution is -2.33. The van der Waals surface area contributed by atoms with Gasteiger partial charge >= 0.3 is 5.97 Å². The number of Topliss-reactive ketones (excluding diaryl/α,β-unsaturated/α-hetero) is 1. The predicted octanol–water partition coefficient (Wildman–Crippen LogP) is 1.44. The van der Waals surface area contributed by atoms with Gasteiger partial charge in [-0.15, -0.1) is 0 Å². The van der Waals surface area contributed by atoms with Crippen LogP contribution in [0.1, 0.15) is 18.4 Å². The van der Waals surface area contributed by atoms with Crippen molar-refractivity contribution in [3.05, 3.63) is 33.9 Å². The summed E-state index contributed by atoms with van der Waals surface area (Å²) in [4.78, 5) is 34.2. The Labute approximate surface area is 133 Å². The Morgan fingerprint density at radius 3 is 2.22 bits per heavy atom. The number of carbonyl (C=O) groups excluding carboxylic acids is 2. The van der Waals surface area contributed by atoms with E-state index >= 15 is 0 Å². The van der Waals surface area contributed by atoms with Crippen molar-refractivity contribution >= 4 is 11.8 Å². The second-order valence-corrected chi connectivity index (χ2v) is 4.85. The fourth-order valence-electron chi connectivity index (χ4n) is 2.39. The van der Waals surface area contributed by atoms with E-state index in [-0.39, 0.29) is 0 Å². The molecule has 0 radical (unpaired) electrons. The molecule has 0 aliphatic rings. The summed E-state index contributed by atoms with van der Waals surface area (Å²) in [7, 11) is 4.02. The maximum absolute atomic E-state index is 11.9. The van der Waals surface area contributed by atoms with Crippen LogP contribution in [0.25, 0.3) is 0 Å². The minimum absolute atomic E-state index is 0.352. The summed E-state index contributed by atoms with van der Waals surface area (Å²) in [5, 5.41) is 11.0. The molecule has 0 saturated heterocycles. The van der Waals surface area contributed by atoms with Crippen molar-refractivity contribution in [1.29, 1.82) is 0 Å². The normalized spacial score (nSPS) is 12.9. The predicted molar refractivity (Wildman–Crippen MR) is 80.3 cm³/mol. The van der Waals surface area contributed by atoms with Gasteiger partial charge in [-0.3, -0.25) is 19.7 Å². The summed E-state index contributed by atoms with van der Waals surface area (Å²) in [6, 6.07) is 4.65. The van der Waals surface area contributed by atoms with Crippen LogP contribution in [0.5, 0.6) is 11.5 Å². The molecule has 0 amide bonds. The van der Waals surface area contributed by atoms with E-state index in [4.69, 9.17) is 9.47 Å². The minimum atomic E-state index is -1.26. The van der Waals surface area contributed by atoms with Crippen LogP contribution >= 0.6 is 0 Å². The van der Waals surface area contributed by atoms with E-state index < -0.39 is 35.1 Å². The number of hydrogen-bond acceptors (Lipinski definition) is 7. The van der Waals surface area contributed by atoms with Gasteiger partial charge in [0.2, 0.25) is 6.54 Å². The lowest BCUT2D eigenvalue weighted by atomic mass is 9.83. The number of carbonyl (C=O) groups is 2. The summed E-state index contributed by atoms with van der Waals surface area (Å²) < 4.78 is 14.9. The number of hydrogen-bond donors (Lipinski definition) is 0. The molecule has 0 fully saturated rings. The Morgan fingerprint density at radius 1 is 1.17 bits per heavy atom. The topological polar surface area (TPSA) is 105 Å². The average Bonchev–Trinajstić information content (AvgIpc) is 2.52. The van der Waals surface area contributed by atoms with Gasteiger partial charge in [0, 0.05) is 4.92 Å². The van der Waals surface area contributed by atoms with Crippen LogP contribution in [0.15, 0.2) is 18.2 Å². The monoisotopic (exact) mass is 325 g/mol. The van der Waals surface area contributed by atoms with Crippen molar-refractivity contribution in [2.45, 2.75) is 12.8 Å². The number of methoxy groups -OCH3 is 3. The van der Waals surface area contributed by atoms with Gasteiger partial charge in [-0.2, -0.15) is 0 Å². The molecule has 1 aromatic rings. The molecule has 0 saturated carbocycles. The fraction of sp³-hybridized carbons (Fsp3) is 0.467. The first-order valence-electron chi connectivity index (χ1n) is 6.77. The maximum atomic E-state index is 11.9. The summed E-state index contributed by atoms with van der Waals surface area (Å²) in [6.45, 7) is 0.615. The highest BCUT2D eigenvalue weighted by Gasteiger charge is 2.38. The van der Waals surface area contributed by atoms with E-state index in [1.165, 1.54) is 27.2 Å². The van der Waals surface area contributed by atoms with E-state index in [2.05, 4.69) is 4.74 Å². The van der Waals surface area contributed by atoms with Gasteiger partial charge in [-0.1, -0.05) is 6.07 Å². The van der Waals surface area contributed by atoms with E-state index in [1.54, 1.807) is 12.1 Å². The Morgan fingerprint density at radius 2 is 1.78 bits per heavy atom. The molecule has 0 spiro atoms. The first-order chi connectivity index (χ1) is 10.8. The molecule has 1 rings (SSSR count). The van der Waals surface area contributed by atoms with Crippen LogP contribution in [0.2, 0.25) is 0 Å². The number of ether oxygens (including phenoxy) is 3. The van der Waals surface area contributed by atoms with Crippen molar-refractivity contribution in [3.8, 4) is 11.5 Å². The molecule has 8 heteroatoms. The van der Waals surface area contributed by atoms with E-state index in [0.29, 0.717) is 17.1 Å². The third-order valence-electron chi connectivity index (χ3n) is 3.48. The largest absolute Gasteiger partial charge is 0.493 e. The molecule has 0 heterocycles. The van der Waals surface area contributed by atoms with Crippen LogP contribution in [0.4, 0.5) is 0 Å². The SMILES string of the molecule is COC(=O)[C@@H](C(C)=O)[C@@H](C[N+](=O)[O-])c1ccc(OC)c(OC)c1. The van der Waals surface area contributed by atoms with E-state index in [1.807, 2.05) is 0 Å². The summed E-state index contributed by atoms with van der Waals surface area (Å²) in [6.07, 6.45) is 0.